The minimum atomic E-state index is 0.620. The van der Waals surface area contributed by atoms with Crippen molar-refractivity contribution in [3.63, 3.8) is 0 Å². The van der Waals surface area contributed by atoms with Crippen LogP contribution in [-0.2, 0) is 20.6 Å². The Morgan fingerprint density at radius 2 is 2.40 bits per heavy atom. The third-order valence-corrected chi connectivity index (χ3v) is 2.58. The van der Waals surface area contributed by atoms with Crippen LogP contribution < -0.4 is 0 Å². The van der Waals surface area contributed by atoms with Crippen molar-refractivity contribution in [1.82, 2.24) is 0 Å². The zero-order chi connectivity index (χ0) is 7.40. The van der Waals surface area contributed by atoms with Crippen LogP contribution in [0.2, 0.25) is 0 Å². The molecule has 1 rings (SSSR count). The molecule has 0 fully saturated rings. The number of hydrogen-bond acceptors (Lipinski definition) is 1. The first-order chi connectivity index (χ1) is 4.84. The molecule has 0 amide bonds. The second-order valence-corrected chi connectivity index (χ2v) is 3.13. The van der Waals surface area contributed by atoms with Crippen molar-refractivity contribution in [1.29, 1.82) is 0 Å². The van der Waals surface area contributed by atoms with Gasteiger partial charge in [-0.2, -0.15) is 0 Å². The van der Waals surface area contributed by atoms with Crippen molar-refractivity contribution >= 4 is 4.57 Å². The molecule has 1 unspecified atom stereocenters. The SMILES string of the molecule is CO[C](=[Cr])C1CC=CCC1. The van der Waals surface area contributed by atoms with Crippen LogP contribution in [0.4, 0.5) is 0 Å². The fourth-order valence-electron chi connectivity index (χ4n) is 1.17. The average Bonchev–Trinajstić information content (AvgIpc) is 2.05. The van der Waals surface area contributed by atoms with E-state index < -0.39 is 0 Å². The zero-order valence-corrected chi connectivity index (χ0v) is 7.44. The number of hydrogen-bond donors (Lipinski definition) is 0. The van der Waals surface area contributed by atoms with Crippen LogP contribution in [0.25, 0.3) is 0 Å². The van der Waals surface area contributed by atoms with Gasteiger partial charge in [0, 0.05) is 0 Å². The Bertz CT molecular complexity index is 151. The number of ether oxygens (including phenoxy) is 1. The second kappa shape index (κ2) is 4.08. The molecule has 0 aliphatic heterocycles. The van der Waals surface area contributed by atoms with Gasteiger partial charge in [0.1, 0.15) is 0 Å². The normalized spacial score (nSPS) is 24.7. The Kier molecular flexibility index (Phi) is 3.35. The molecule has 1 aliphatic rings. The summed E-state index contributed by atoms with van der Waals surface area (Å²) >= 11 is 2.96. The third kappa shape index (κ3) is 2.06. The fourth-order valence-corrected chi connectivity index (χ4v) is 1.51. The summed E-state index contributed by atoms with van der Waals surface area (Å²) < 4.78 is 6.18. The molecule has 0 aromatic heterocycles. The Balaban J connectivity index is 2.41. The van der Waals surface area contributed by atoms with E-state index >= 15 is 0 Å². The van der Waals surface area contributed by atoms with Crippen molar-refractivity contribution in [2.45, 2.75) is 19.3 Å². The molecule has 1 nitrogen and oxygen atoms in total. The van der Waals surface area contributed by atoms with Crippen molar-refractivity contribution in [2.24, 2.45) is 5.92 Å². The summed E-state index contributed by atoms with van der Waals surface area (Å²) in [7, 11) is 1.73. The van der Waals surface area contributed by atoms with Crippen LogP contribution in [0.15, 0.2) is 12.2 Å². The first-order valence-electron chi connectivity index (χ1n) is 3.57. The monoisotopic (exact) mass is 176 g/mol. The molecule has 0 saturated carbocycles. The first kappa shape index (κ1) is 8.20. The molecule has 10 heavy (non-hydrogen) atoms. The van der Waals surface area contributed by atoms with E-state index in [0.29, 0.717) is 5.92 Å². The van der Waals surface area contributed by atoms with Crippen LogP contribution in [0.1, 0.15) is 19.3 Å². The molecular formula is C8H12CrO. The minimum absolute atomic E-state index is 0.620. The van der Waals surface area contributed by atoms with E-state index in [1.54, 1.807) is 7.11 Å². The topological polar surface area (TPSA) is 9.23 Å². The van der Waals surface area contributed by atoms with Gasteiger partial charge in [-0.15, -0.1) is 0 Å². The van der Waals surface area contributed by atoms with Gasteiger partial charge in [0.05, 0.1) is 0 Å². The second-order valence-electron chi connectivity index (χ2n) is 2.50. The summed E-state index contributed by atoms with van der Waals surface area (Å²) in [5.74, 6) is 0.620. The van der Waals surface area contributed by atoms with E-state index in [-0.39, 0.29) is 0 Å². The van der Waals surface area contributed by atoms with E-state index in [0.717, 1.165) is 11.0 Å². The predicted octanol–water partition coefficient (Wildman–Crippen LogP) is 1.67. The summed E-state index contributed by atoms with van der Waals surface area (Å²) in [6.07, 6.45) is 8.02. The summed E-state index contributed by atoms with van der Waals surface area (Å²) in [5, 5.41) is 0. The van der Waals surface area contributed by atoms with E-state index in [1.165, 1.54) is 12.8 Å². The van der Waals surface area contributed by atoms with Crippen LogP contribution in [0.5, 0.6) is 0 Å². The molecule has 0 spiro atoms. The molecule has 0 aromatic rings. The molecule has 1 atom stereocenters. The summed E-state index contributed by atoms with van der Waals surface area (Å²) in [6, 6.07) is 0. The molecular weight excluding hydrogens is 164 g/mol. The van der Waals surface area contributed by atoms with Gasteiger partial charge in [0.25, 0.3) is 0 Å². The van der Waals surface area contributed by atoms with Crippen molar-refractivity contribution in [3.8, 4) is 0 Å². The van der Waals surface area contributed by atoms with E-state index in [4.69, 9.17) is 4.74 Å². The molecule has 0 radical (unpaired) electrons. The van der Waals surface area contributed by atoms with Crippen LogP contribution >= 0.6 is 0 Å². The molecule has 0 N–H and O–H groups in total. The Labute approximate surface area is 70.0 Å². The Morgan fingerprint density at radius 3 is 2.90 bits per heavy atom. The van der Waals surface area contributed by atoms with Gasteiger partial charge in [0.15, 0.2) is 0 Å². The molecule has 0 heterocycles. The maximum atomic E-state index is 5.12. The molecule has 1 aliphatic carbocycles. The quantitative estimate of drug-likeness (QED) is 0.581. The standard InChI is InChI=1S/C8H12O.Cr/c1-9-7-8-5-3-2-4-6-8;/h2-3,8H,4-6H2,1H3;. The Hall–Kier alpha value is 0.102. The molecule has 0 aromatic carbocycles. The summed E-state index contributed by atoms with van der Waals surface area (Å²) in [5.41, 5.74) is 0. The molecule has 0 bridgehead atoms. The number of allylic oxidation sites excluding steroid dienone is 2. The predicted molar refractivity (Wildman–Crippen MR) is 38.5 cm³/mol. The number of rotatable bonds is 2. The molecule has 56 valence electrons. The zero-order valence-electron chi connectivity index (χ0n) is 6.17. The van der Waals surface area contributed by atoms with Gasteiger partial charge in [-0.25, -0.2) is 0 Å². The van der Waals surface area contributed by atoms with E-state index in [2.05, 4.69) is 28.0 Å². The van der Waals surface area contributed by atoms with E-state index in [1.807, 2.05) is 0 Å². The van der Waals surface area contributed by atoms with Crippen LogP contribution in [0.3, 0.4) is 0 Å². The van der Waals surface area contributed by atoms with Gasteiger partial charge in [-0.3, -0.25) is 0 Å². The van der Waals surface area contributed by atoms with Gasteiger partial charge in [0.2, 0.25) is 0 Å². The summed E-state index contributed by atoms with van der Waals surface area (Å²) in [4.78, 5) is 0. The van der Waals surface area contributed by atoms with Crippen molar-refractivity contribution < 1.29 is 20.6 Å². The van der Waals surface area contributed by atoms with Gasteiger partial charge in [-0.1, -0.05) is 0 Å². The molecule has 0 saturated heterocycles. The van der Waals surface area contributed by atoms with Crippen LogP contribution in [0, 0.1) is 5.92 Å². The number of methoxy groups -OCH3 is 1. The first-order valence-corrected chi connectivity index (χ1v) is 4.21. The van der Waals surface area contributed by atoms with Gasteiger partial charge >= 0.3 is 69.6 Å². The average molecular weight is 176 g/mol. The molecule has 2 heteroatoms. The third-order valence-electron chi connectivity index (χ3n) is 1.80. The van der Waals surface area contributed by atoms with Crippen molar-refractivity contribution in [2.75, 3.05) is 7.11 Å². The maximum absolute atomic E-state index is 5.12. The van der Waals surface area contributed by atoms with Crippen LogP contribution in [-0.4, -0.2) is 11.7 Å². The van der Waals surface area contributed by atoms with E-state index in [9.17, 15) is 0 Å². The Morgan fingerprint density at radius 1 is 1.60 bits per heavy atom. The van der Waals surface area contributed by atoms with Crippen molar-refractivity contribution in [3.05, 3.63) is 12.2 Å². The van der Waals surface area contributed by atoms with Gasteiger partial charge < -0.3 is 0 Å². The van der Waals surface area contributed by atoms with Gasteiger partial charge in [-0.05, 0) is 0 Å². The summed E-state index contributed by atoms with van der Waals surface area (Å²) in [6.45, 7) is 0. The fraction of sp³-hybridized carbons (Fsp3) is 0.625.